The Morgan fingerprint density at radius 1 is 0.933 bits per heavy atom. The van der Waals surface area contributed by atoms with Crippen molar-refractivity contribution in [3.8, 4) is 0 Å². The van der Waals surface area contributed by atoms with Crippen molar-refractivity contribution in [3.63, 3.8) is 0 Å². The van der Waals surface area contributed by atoms with E-state index >= 15 is 0 Å². The third kappa shape index (κ3) is 8.90. The fourth-order valence-corrected chi connectivity index (χ4v) is 2.77. The summed E-state index contributed by atoms with van der Waals surface area (Å²) in [5.41, 5.74) is 0.792. The van der Waals surface area contributed by atoms with Gasteiger partial charge in [-0.05, 0) is 32.8 Å². The summed E-state index contributed by atoms with van der Waals surface area (Å²) in [5, 5.41) is 2.71. The van der Waals surface area contributed by atoms with Crippen LogP contribution in [0.1, 0.15) is 56.0 Å². The lowest BCUT2D eigenvalue weighted by Gasteiger charge is -2.23. The summed E-state index contributed by atoms with van der Waals surface area (Å²) >= 11 is 0. The molecule has 0 radical (unpaired) electrons. The maximum absolute atomic E-state index is 12.6. The third-order valence-corrected chi connectivity index (χ3v) is 4.19. The molecule has 2 aromatic rings. The average molecular weight is 411 g/mol. The highest BCUT2D eigenvalue weighted by molar-refractivity contribution is 5.96. The van der Waals surface area contributed by atoms with Gasteiger partial charge in [-0.1, -0.05) is 60.7 Å². The monoisotopic (exact) mass is 411 g/mol. The van der Waals surface area contributed by atoms with Gasteiger partial charge in [-0.15, -0.1) is 0 Å². The van der Waals surface area contributed by atoms with Crippen molar-refractivity contribution in [3.05, 3.63) is 71.8 Å². The third-order valence-electron chi connectivity index (χ3n) is 4.19. The highest BCUT2D eigenvalue weighted by atomic mass is 16.6. The number of carbonyl (C=O) groups excluding carboxylic acids is 3. The summed E-state index contributed by atoms with van der Waals surface area (Å²) in [6, 6.07) is 17.7. The zero-order valence-electron chi connectivity index (χ0n) is 17.7. The second kappa shape index (κ2) is 11.1. The lowest BCUT2D eigenvalue weighted by molar-refractivity contribution is -0.145. The van der Waals surface area contributed by atoms with Gasteiger partial charge in [-0.3, -0.25) is 9.59 Å². The summed E-state index contributed by atoms with van der Waals surface area (Å²) in [7, 11) is 0. The van der Waals surface area contributed by atoms with Crippen LogP contribution in [0.2, 0.25) is 0 Å². The van der Waals surface area contributed by atoms with Crippen molar-refractivity contribution in [2.24, 2.45) is 0 Å². The SMILES string of the molecule is CC(C)(C)OC(=O)NC(CCC(=O)OCc1ccccc1)CC(=O)c1ccccc1. The fourth-order valence-electron chi connectivity index (χ4n) is 2.77. The molecule has 0 saturated carbocycles. The van der Waals surface area contributed by atoms with Crippen molar-refractivity contribution >= 4 is 17.8 Å². The second-order valence-corrected chi connectivity index (χ2v) is 8.02. The Labute approximate surface area is 177 Å². The van der Waals surface area contributed by atoms with Crippen LogP contribution < -0.4 is 5.32 Å². The molecule has 6 nitrogen and oxygen atoms in total. The molecule has 30 heavy (non-hydrogen) atoms. The topological polar surface area (TPSA) is 81.7 Å². The van der Waals surface area contributed by atoms with Crippen molar-refractivity contribution in [1.82, 2.24) is 5.32 Å². The lowest BCUT2D eigenvalue weighted by Crippen LogP contribution is -2.40. The van der Waals surface area contributed by atoms with Crippen LogP contribution in [0.5, 0.6) is 0 Å². The summed E-state index contributed by atoms with van der Waals surface area (Å²) in [5.74, 6) is -0.503. The quantitative estimate of drug-likeness (QED) is 0.479. The Balaban J connectivity index is 1.93. The summed E-state index contributed by atoms with van der Waals surface area (Å²) in [6.07, 6.45) is -0.207. The van der Waals surface area contributed by atoms with Gasteiger partial charge in [0.05, 0.1) is 0 Å². The number of carbonyl (C=O) groups is 3. The first-order chi connectivity index (χ1) is 14.2. The van der Waals surface area contributed by atoms with E-state index < -0.39 is 17.7 Å². The molecule has 0 aliphatic carbocycles. The van der Waals surface area contributed by atoms with E-state index in [2.05, 4.69) is 5.32 Å². The lowest BCUT2D eigenvalue weighted by atomic mass is 10.0. The van der Waals surface area contributed by atoms with Crippen LogP contribution in [0.4, 0.5) is 4.79 Å². The molecule has 2 aromatic carbocycles. The molecule has 0 aromatic heterocycles. The molecule has 0 bridgehead atoms. The van der Waals surface area contributed by atoms with E-state index in [9.17, 15) is 14.4 Å². The van der Waals surface area contributed by atoms with Gasteiger partial charge in [0, 0.05) is 24.4 Å². The van der Waals surface area contributed by atoms with Crippen molar-refractivity contribution in [2.45, 2.75) is 58.3 Å². The Morgan fingerprint density at radius 3 is 2.13 bits per heavy atom. The molecule has 160 valence electrons. The molecule has 0 saturated heterocycles. The minimum absolute atomic E-state index is 0.0647. The predicted molar refractivity (Wildman–Crippen MR) is 114 cm³/mol. The van der Waals surface area contributed by atoms with E-state index in [1.807, 2.05) is 36.4 Å². The molecule has 1 unspecified atom stereocenters. The van der Waals surface area contributed by atoms with Crippen LogP contribution in [0.3, 0.4) is 0 Å². The minimum atomic E-state index is -0.660. The number of alkyl carbamates (subject to hydrolysis) is 1. The summed E-state index contributed by atoms with van der Waals surface area (Å²) in [4.78, 5) is 36.9. The zero-order valence-corrected chi connectivity index (χ0v) is 17.7. The first-order valence-electron chi connectivity index (χ1n) is 10.0. The number of ether oxygens (including phenoxy) is 2. The minimum Gasteiger partial charge on any atom is -0.461 e. The molecule has 6 heteroatoms. The number of amides is 1. The van der Waals surface area contributed by atoms with Crippen LogP contribution in [-0.2, 0) is 20.9 Å². The number of rotatable bonds is 9. The van der Waals surface area contributed by atoms with Gasteiger partial charge in [0.2, 0.25) is 0 Å². The maximum Gasteiger partial charge on any atom is 0.407 e. The number of ketones is 1. The molecule has 2 rings (SSSR count). The molecular formula is C24H29NO5. The molecular weight excluding hydrogens is 382 g/mol. The van der Waals surface area contributed by atoms with Crippen LogP contribution >= 0.6 is 0 Å². The molecule has 0 heterocycles. The van der Waals surface area contributed by atoms with Crippen LogP contribution in [0.25, 0.3) is 0 Å². The number of esters is 1. The highest BCUT2D eigenvalue weighted by Gasteiger charge is 2.23. The van der Waals surface area contributed by atoms with E-state index in [1.165, 1.54) is 0 Å². The van der Waals surface area contributed by atoms with Gasteiger partial charge in [-0.25, -0.2) is 4.79 Å². The molecule has 0 fully saturated rings. The van der Waals surface area contributed by atoms with E-state index in [0.717, 1.165) is 5.56 Å². The number of Topliss-reactive ketones (excluding diaryl/α,β-unsaturated/α-hetero) is 1. The molecule has 0 spiro atoms. The van der Waals surface area contributed by atoms with E-state index in [-0.39, 0.29) is 37.6 Å². The van der Waals surface area contributed by atoms with Gasteiger partial charge in [0.25, 0.3) is 0 Å². The van der Waals surface area contributed by atoms with Gasteiger partial charge < -0.3 is 14.8 Å². The van der Waals surface area contributed by atoms with Gasteiger partial charge in [0.1, 0.15) is 12.2 Å². The smallest absolute Gasteiger partial charge is 0.407 e. The second-order valence-electron chi connectivity index (χ2n) is 8.02. The molecule has 1 amide bonds. The molecule has 0 aliphatic heterocycles. The van der Waals surface area contributed by atoms with Gasteiger partial charge in [0.15, 0.2) is 5.78 Å². The number of hydrogen-bond donors (Lipinski definition) is 1. The normalized spacial score (nSPS) is 12.0. The Kier molecular flexibility index (Phi) is 8.59. The van der Waals surface area contributed by atoms with Crippen LogP contribution in [0.15, 0.2) is 60.7 Å². The summed E-state index contributed by atoms with van der Waals surface area (Å²) in [6.45, 7) is 5.47. The average Bonchev–Trinajstić information content (AvgIpc) is 2.70. The first-order valence-corrected chi connectivity index (χ1v) is 10.0. The zero-order chi connectivity index (χ0) is 22.0. The van der Waals surface area contributed by atoms with Crippen LogP contribution in [-0.4, -0.2) is 29.5 Å². The number of benzene rings is 2. The Hall–Kier alpha value is -3.15. The van der Waals surface area contributed by atoms with E-state index in [4.69, 9.17) is 9.47 Å². The number of hydrogen-bond acceptors (Lipinski definition) is 5. The molecule has 1 N–H and O–H groups in total. The first kappa shape index (κ1) is 23.1. The van der Waals surface area contributed by atoms with Crippen molar-refractivity contribution in [2.75, 3.05) is 0 Å². The standard InChI is InChI=1S/C24H29NO5/c1-24(2,3)30-23(28)25-20(16-21(26)19-12-8-5-9-13-19)14-15-22(27)29-17-18-10-6-4-7-11-18/h4-13,20H,14-17H2,1-3H3,(H,25,28). The van der Waals surface area contributed by atoms with E-state index in [1.54, 1.807) is 45.0 Å². The maximum atomic E-state index is 12.6. The largest absolute Gasteiger partial charge is 0.461 e. The molecule has 1 atom stereocenters. The van der Waals surface area contributed by atoms with Gasteiger partial charge in [-0.2, -0.15) is 0 Å². The highest BCUT2D eigenvalue weighted by Crippen LogP contribution is 2.13. The molecule has 0 aliphatic rings. The predicted octanol–water partition coefficient (Wildman–Crippen LogP) is 4.68. The van der Waals surface area contributed by atoms with Crippen molar-refractivity contribution in [1.29, 1.82) is 0 Å². The van der Waals surface area contributed by atoms with Crippen molar-refractivity contribution < 1.29 is 23.9 Å². The number of nitrogens with one attached hydrogen (secondary N) is 1. The summed E-state index contributed by atoms with van der Waals surface area (Å²) < 4.78 is 10.6. The van der Waals surface area contributed by atoms with E-state index in [0.29, 0.717) is 5.56 Å². The van der Waals surface area contributed by atoms with Gasteiger partial charge >= 0.3 is 12.1 Å². The fraction of sp³-hybridized carbons (Fsp3) is 0.375. The Bertz CT molecular complexity index is 828. The Morgan fingerprint density at radius 2 is 1.53 bits per heavy atom. The van der Waals surface area contributed by atoms with Crippen LogP contribution in [0, 0.1) is 0 Å².